The van der Waals surface area contributed by atoms with Crippen molar-refractivity contribution < 1.29 is 0 Å². The Morgan fingerprint density at radius 3 is 2.89 bits per heavy atom. The van der Waals surface area contributed by atoms with E-state index in [4.69, 9.17) is 0 Å². The van der Waals surface area contributed by atoms with E-state index in [1.807, 2.05) is 0 Å². The van der Waals surface area contributed by atoms with Crippen LogP contribution in [0, 0.1) is 11.8 Å². The third-order valence-electron chi connectivity index (χ3n) is 5.54. The van der Waals surface area contributed by atoms with Gasteiger partial charge in [0, 0.05) is 25.2 Å². The molecule has 104 valence electrons. The Morgan fingerprint density at radius 1 is 1.17 bits per heavy atom. The first-order valence-electron chi connectivity index (χ1n) is 7.86. The van der Waals surface area contributed by atoms with Crippen molar-refractivity contribution in [1.29, 1.82) is 0 Å². The molecule has 0 aromatic heterocycles. The van der Waals surface area contributed by atoms with Crippen LogP contribution in [0.15, 0.2) is 0 Å². The summed E-state index contributed by atoms with van der Waals surface area (Å²) >= 11 is 0. The molecule has 2 heterocycles. The average molecular weight is 251 g/mol. The molecular formula is C15H29N3. The van der Waals surface area contributed by atoms with E-state index in [0.29, 0.717) is 0 Å². The summed E-state index contributed by atoms with van der Waals surface area (Å²) < 4.78 is 0. The molecule has 1 aliphatic carbocycles. The van der Waals surface area contributed by atoms with E-state index in [9.17, 15) is 0 Å². The van der Waals surface area contributed by atoms with Gasteiger partial charge in [-0.1, -0.05) is 6.42 Å². The number of likely N-dealkylation sites (tertiary alicyclic amines) is 1. The van der Waals surface area contributed by atoms with Crippen LogP contribution in [0.3, 0.4) is 0 Å². The van der Waals surface area contributed by atoms with Crippen molar-refractivity contribution in [2.45, 2.75) is 44.2 Å². The summed E-state index contributed by atoms with van der Waals surface area (Å²) in [6.45, 7) is 5.19. The fraction of sp³-hybridized carbons (Fsp3) is 1.00. The second-order valence-electron chi connectivity index (χ2n) is 6.89. The summed E-state index contributed by atoms with van der Waals surface area (Å²) in [4.78, 5) is 5.12. The molecule has 4 atom stereocenters. The second kappa shape index (κ2) is 5.48. The highest BCUT2D eigenvalue weighted by Gasteiger charge is 2.39. The van der Waals surface area contributed by atoms with Gasteiger partial charge in [-0.05, 0) is 64.7 Å². The van der Waals surface area contributed by atoms with Crippen molar-refractivity contribution in [2.24, 2.45) is 11.8 Å². The number of hydrogen-bond donors (Lipinski definition) is 1. The molecule has 3 aliphatic rings. The lowest BCUT2D eigenvalue weighted by Crippen LogP contribution is -2.49. The van der Waals surface area contributed by atoms with Gasteiger partial charge in [0.2, 0.25) is 0 Å². The molecule has 1 N–H and O–H groups in total. The highest BCUT2D eigenvalue weighted by Crippen LogP contribution is 2.38. The highest BCUT2D eigenvalue weighted by atomic mass is 15.2. The maximum absolute atomic E-state index is 3.79. The van der Waals surface area contributed by atoms with Gasteiger partial charge >= 0.3 is 0 Å². The third kappa shape index (κ3) is 2.59. The normalized spacial score (nSPS) is 41.5. The Balaban J connectivity index is 1.53. The molecular weight excluding hydrogens is 222 g/mol. The monoisotopic (exact) mass is 251 g/mol. The Morgan fingerprint density at radius 2 is 2.06 bits per heavy atom. The largest absolute Gasteiger partial charge is 0.312 e. The molecule has 0 aromatic carbocycles. The molecule has 2 aliphatic heterocycles. The second-order valence-corrected chi connectivity index (χ2v) is 6.89. The van der Waals surface area contributed by atoms with Crippen LogP contribution < -0.4 is 5.32 Å². The summed E-state index contributed by atoms with van der Waals surface area (Å²) in [6.07, 6.45) is 7.20. The van der Waals surface area contributed by atoms with Crippen molar-refractivity contribution >= 4 is 0 Å². The Hall–Kier alpha value is -0.120. The first kappa shape index (κ1) is 12.9. The van der Waals surface area contributed by atoms with Crippen molar-refractivity contribution in [3.63, 3.8) is 0 Å². The summed E-state index contributed by atoms with van der Waals surface area (Å²) in [7, 11) is 4.46. The quantitative estimate of drug-likeness (QED) is 0.818. The molecule has 0 radical (unpaired) electrons. The molecule has 1 saturated carbocycles. The fourth-order valence-corrected chi connectivity index (χ4v) is 4.40. The molecule has 3 rings (SSSR count). The molecule has 0 bridgehead atoms. The van der Waals surface area contributed by atoms with Crippen LogP contribution in [0.25, 0.3) is 0 Å². The maximum atomic E-state index is 3.79. The number of rotatable bonds is 3. The van der Waals surface area contributed by atoms with E-state index in [-0.39, 0.29) is 0 Å². The zero-order valence-electron chi connectivity index (χ0n) is 12.1. The van der Waals surface area contributed by atoms with Gasteiger partial charge in [-0.25, -0.2) is 0 Å². The summed E-state index contributed by atoms with van der Waals surface area (Å²) in [6, 6.07) is 1.57. The van der Waals surface area contributed by atoms with E-state index in [2.05, 4.69) is 29.2 Å². The van der Waals surface area contributed by atoms with Crippen molar-refractivity contribution in [3.8, 4) is 0 Å². The molecule has 3 fully saturated rings. The minimum absolute atomic E-state index is 0.777. The van der Waals surface area contributed by atoms with Crippen molar-refractivity contribution in [3.05, 3.63) is 0 Å². The molecule has 18 heavy (non-hydrogen) atoms. The van der Waals surface area contributed by atoms with Crippen LogP contribution in [-0.4, -0.2) is 62.2 Å². The van der Waals surface area contributed by atoms with E-state index in [0.717, 1.165) is 23.9 Å². The van der Waals surface area contributed by atoms with Gasteiger partial charge in [-0.3, -0.25) is 0 Å². The SMILES string of the molecule is CN(C)C1CCCN(CC2NCC3CCCC32)C1. The number of piperidine rings is 1. The molecule has 0 spiro atoms. The molecule has 3 heteroatoms. The van der Waals surface area contributed by atoms with Crippen LogP contribution in [0.5, 0.6) is 0 Å². The van der Waals surface area contributed by atoms with E-state index in [1.54, 1.807) is 0 Å². The Kier molecular flexibility index (Phi) is 3.92. The van der Waals surface area contributed by atoms with Crippen LogP contribution in [-0.2, 0) is 0 Å². The fourth-order valence-electron chi connectivity index (χ4n) is 4.40. The minimum Gasteiger partial charge on any atom is -0.312 e. The lowest BCUT2D eigenvalue weighted by molar-refractivity contribution is 0.119. The van der Waals surface area contributed by atoms with Gasteiger partial charge in [0.25, 0.3) is 0 Å². The molecule has 2 saturated heterocycles. The first-order chi connectivity index (χ1) is 8.74. The standard InChI is InChI=1S/C15H29N3/c1-17(2)13-6-4-8-18(10-13)11-15-14-7-3-5-12(14)9-16-15/h12-16H,3-11H2,1-2H3. The van der Waals surface area contributed by atoms with E-state index in [1.165, 1.54) is 58.3 Å². The van der Waals surface area contributed by atoms with Gasteiger partial charge in [0.15, 0.2) is 0 Å². The zero-order chi connectivity index (χ0) is 12.5. The van der Waals surface area contributed by atoms with Gasteiger partial charge < -0.3 is 15.1 Å². The van der Waals surface area contributed by atoms with Gasteiger partial charge in [-0.15, -0.1) is 0 Å². The summed E-state index contributed by atoms with van der Waals surface area (Å²) in [5.74, 6) is 1.99. The average Bonchev–Trinajstić information content (AvgIpc) is 2.94. The van der Waals surface area contributed by atoms with E-state index >= 15 is 0 Å². The van der Waals surface area contributed by atoms with Crippen LogP contribution in [0.1, 0.15) is 32.1 Å². The van der Waals surface area contributed by atoms with Crippen LogP contribution in [0.2, 0.25) is 0 Å². The smallest absolute Gasteiger partial charge is 0.0226 e. The maximum Gasteiger partial charge on any atom is 0.0226 e. The predicted molar refractivity (Wildman–Crippen MR) is 75.8 cm³/mol. The number of nitrogens with one attached hydrogen (secondary N) is 1. The van der Waals surface area contributed by atoms with Gasteiger partial charge in [-0.2, -0.15) is 0 Å². The topological polar surface area (TPSA) is 18.5 Å². The third-order valence-corrected chi connectivity index (χ3v) is 5.54. The first-order valence-corrected chi connectivity index (χ1v) is 7.86. The summed E-state index contributed by atoms with van der Waals surface area (Å²) in [5, 5.41) is 3.79. The van der Waals surface area contributed by atoms with Crippen molar-refractivity contribution in [2.75, 3.05) is 40.3 Å². The van der Waals surface area contributed by atoms with Gasteiger partial charge in [0.05, 0.1) is 0 Å². The van der Waals surface area contributed by atoms with E-state index < -0.39 is 0 Å². The van der Waals surface area contributed by atoms with Gasteiger partial charge in [0.1, 0.15) is 0 Å². The molecule has 4 unspecified atom stereocenters. The minimum atomic E-state index is 0.777. The molecule has 0 amide bonds. The predicted octanol–water partition coefficient (Wildman–Crippen LogP) is 1.40. The lowest BCUT2D eigenvalue weighted by Gasteiger charge is -2.38. The molecule has 3 nitrogen and oxygen atoms in total. The Bertz CT molecular complexity index is 279. The number of likely N-dealkylation sites (N-methyl/N-ethyl adjacent to an activating group) is 1. The number of nitrogens with zero attached hydrogens (tertiary/aromatic N) is 2. The van der Waals surface area contributed by atoms with Crippen molar-refractivity contribution in [1.82, 2.24) is 15.1 Å². The van der Waals surface area contributed by atoms with Crippen LogP contribution in [0.4, 0.5) is 0 Å². The highest BCUT2D eigenvalue weighted by molar-refractivity contribution is 4.96. The lowest BCUT2D eigenvalue weighted by atomic mass is 9.93. The Labute approximate surface area is 112 Å². The molecule has 0 aromatic rings. The zero-order valence-corrected chi connectivity index (χ0v) is 12.1. The number of fused-ring (bicyclic) bond motifs is 1. The summed E-state index contributed by atoms with van der Waals surface area (Å²) in [5.41, 5.74) is 0. The van der Waals surface area contributed by atoms with Crippen LogP contribution >= 0.6 is 0 Å². The number of hydrogen-bond acceptors (Lipinski definition) is 3.